The number of amides is 1. The molecule has 1 fully saturated rings. The van der Waals surface area contributed by atoms with Gasteiger partial charge in [0.1, 0.15) is 23.6 Å². The number of aromatic amines is 1. The van der Waals surface area contributed by atoms with Crippen molar-refractivity contribution in [2.24, 2.45) is 0 Å². The first-order chi connectivity index (χ1) is 21.0. The summed E-state index contributed by atoms with van der Waals surface area (Å²) in [5.74, 6) is -0.148. The molecule has 1 saturated heterocycles. The number of hydrogen-bond donors (Lipinski definition) is 1. The number of benzene rings is 2. The molecule has 1 atom stereocenters. The number of pyridine rings is 1. The van der Waals surface area contributed by atoms with E-state index in [4.69, 9.17) is 9.47 Å². The average Bonchev–Trinajstić information content (AvgIpc) is 3.54. The first-order valence-electron chi connectivity index (χ1n) is 14.3. The molecule has 4 aromatic rings. The number of ether oxygens (including phenoxy) is 2. The van der Waals surface area contributed by atoms with Gasteiger partial charge in [-0.3, -0.25) is 14.6 Å². The van der Waals surface area contributed by atoms with E-state index in [0.717, 1.165) is 12.3 Å². The Morgan fingerprint density at radius 2 is 1.78 bits per heavy atom. The van der Waals surface area contributed by atoms with Crippen LogP contribution in [0.1, 0.15) is 57.7 Å². The zero-order valence-electron chi connectivity index (χ0n) is 25.1. The number of rotatable bonds is 8. The zero-order chi connectivity index (χ0) is 32.7. The highest BCUT2D eigenvalue weighted by molar-refractivity contribution is 7.91. The summed E-state index contributed by atoms with van der Waals surface area (Å²) in [6.45, 7) is 6.49. The number of nitrogens with one attached hydrogen (secondary N) is 1. The van der Waals surface area contributed by atoms with Gasteiger partial charge in [-0.25, -0.2) is 8.42 Å². The van der Waals surface area contributed by atoms with Crippen LogP contribution in [0.3, 0.4) is 0 Å². The van der Waals surface area contributed by atoms with Gasteiger partial charge in [-0.15, -0.1) is 0 Å². The first kappa shape index (κ1) is 32.0. The van der Waals surface area contributed by atoms with Crippen LogP contribution in [0.2, 0.25) is 0 Å². The summed E-state index contributed by atoms with van der Waals surface area (Å²) in [6.07, 6.45) is -3.16. The third kappa shape index (κ3) is 7.14. The van der Waals surface area contributed by atoms with Crippen LogP contribution in [0, 0.1) is 0 Å². The van der Waals surface area contributed by atoms with Crippen molar-refractivity contribution in [3.63, 3.8) is 0 Å². The highest BCUT2D eigenvalue weighted by Crippen LogP contribution is 2.42. The number of fused-ring (bicyclic) bond motifs is 1. The molecule has 1 aliphatic heterocycles. The summed E-state index contributed by atoms with van der Waals surface area (Å²) in [6, 6.07) is 12.9. The Balaban J connectivity index is 1.55. The van der Waals surface area contributed by atoms with Gasteiger partial charge in [0.25, 0.3) is 0 Å². The largest absolute Gasteiger partial charge is 0.459 e. The fourth-order valence-electron chi connectivity index (χ4n) is 5.16. The Labute approximate surface area is 258 Å². The number of carbonyl (C=O) groups is 2. The summed E-state index contributed by atoms with van der Waals surface area (Å²) < 4.78 is 75.5. The van der Waals surface area contributed by atoms with E-state index in [2.05, 4.69) is 9.97 Å². The highest BCUT2D eigenvalue weighted by atomic mass is 32.2. The summed E-state index contributed by atoms with van der Waals surface area (Å²) in [7, 11) is -3.43. The minimum Gasteiger partial charge on any atom is -0.459 e. The monoisotopic (exact) mass is 643 g/mol. The quantitative estimate of drug-likeness (QED) is 0.209. The third-order valence-electron chi connectivity index (χ3n) is 7.32. The maximum Gasteiger partial charge on any atom is 0.417 e. The molecule has 1 amide bonds. The molecule has 5 rings (SSSR count). The van der Waals surface area contributed by atoms with Crippen molar-refractivity contribution >= 4 is 32.6 Å². The predicted molar refractivity (Wildman–Crippen MR) is 160 cm³/mol. The molecule has 1 unspecified atom stereocenters. The Morgan fingerprint density at radius 1 is 1.07 bits per heavy atom. The number of esters is 1. The molecule has 2 aromatic carbocycles. The van der Waals surface area contributed by atoms with Crippen LogP contribution in [0.5, 0.6) is 11.5 Å². The maximum atomic E-state index is 13.1. The zero-order valence-corrected chi connectivity index (χ0v) is 25.9. The van der Waals surface area contributed by atoms with Gasteiger partial charge >= 0.3 is 12.1 Å². The van der Waals surface area contributed by atoms with Gasteiger partial charge in [-0.2, -0.15) is 13.2 Å². The molecule has 0 radical (unpaired) electrons. The van der Waals surface area contributed by atoms with E-state index in [1.54, 1.807) is 45.9 Å². The van der Waals surface area contributed by atoms with E-state index < -0.39 is 39.2 Å². The van der Waals surface area contributed by atoms with Crippen LogP contribution >= 0.6 is 0 Å². The fourth-order valence-corrected chi connectivity index (χ4v) is 6.05. The third-order valence-corrected chi connectivity index (χ3v) is 9.07. The molecule has 0 bridgehead atoms. The number of hydrogen-bond acceptors (Lipinski definition) is 7. The number of likely N-dealkylation sites (tertiary alicyclic amines) is 1. The highest BCUT2D eigenvalue weighted by Gasteiger charge is 2.37. The van der Waals surface area contributed by atoms with Crippen molar-refractivity contribution in [3.8, 4) is 22.9 Å². The summed E-state index contributed by atoms with van der Waals surface area (Å²) >= 11 is 0. The van der Waals surface area contributed by atoms with Crippen molar-refractivity contribution in [2.45, 2.75) is 63.3 Å². The number of nitrogens with zero attached hydrogens (tertiary/aromatic N) is 2. The number of halogens is 3. The molecule has 1 aliphatic rings. The van der Waals surface area contributed by atoms with Crippen molar-refractivity contribution in [3.05, 3.63) is 71.9 Å². The van der Waals surface area contributed by atoms with Gasteiger partial charge in [0.15, 0.2) is 9.84 Å². The standard InChI is InChI=1S/C32H32F3N3O6S/c1-5-45(41,42)22-9-7-21(8-10-22)43-28-15-19-14-26(24-11-6-20(17-36-24)32(33,34)35)37-25(19)16-23(28)27-12-13-29(39)38(27)18-30(40)44-31(2,3)4/h6-11,14-17,27,37H,5,12-13,18H2,1-4H3. The van der Waals surface area contributed by atoms with Crippen LogP contribution in [-0.4, -0.2) is 53.1 Å². The molecule has 13 heteroatoms. The minimum absolute atomic E-state index is 0.0547. The van der Waals surface area contributed by atoms with E-state index in [0.29, 0.717) is 45.8 Å². The lowest BCUT2D eigenvalue weighted by atomic mass is 10.0. The molecular formula is C32H32F3N3O6S. The number of carbonyl (C=O) groups excluding carboxylic acids is 2. The van der Waals surface area contributed by atoms with Crippen molar-refractivity contribution < 1.29 is 40.7 Å². The molecule has 2 aromatic heterocycles. The van der Waals surface area contributed by atoms with E-state index in [1.807, 2.05) is 0 Å². The normalized spacial score (nSPS) is 15.9. The fraction of sp³-hybridized carbons (Fsp3) is 0.344. The van der Waals surface area contributed by atoms with Gasteiger partial charge in [0.05, 0.1) is 33.6 Å². The van der Waals surface area contributed by atoms with Gasteiger partial charge < -0.3 is 19.4 Å². The van der Waals surface area contributed by atoms with Gasteiger partial charge in [0, 0.05) is 29.1 Å². The molecule has 0 saturated carbocycles. The number of sulfone groups is 1. The molecule has 9 nitrogen and oxygen atoms in total. The second-order valence-electron chi connectivity index (χ2n) is 11.7. The average molecular weight is 644 g/mol. The molecular weight excluding hydrogens is 611 g/mol. The van der Waals surface area contributed by atoms with E-state index in [1.165, 1.54) is 35.2 Å². The lowest BCUT2D eigenvalue weighted by molar-refractivity contribution is -0.158. The molecule has 45 heavy (non-hydrogen) atoms. The molecule has 3 heterocycles. The van der Waals surface area contributed by atoms with Gasteiger partial charge in [-0.05, 0) is 81.8 Å². The smallest absolute Gasteiger partial charge is 0.417 e. The van der Waals surface area contributed by atoms with Crippen molar-refractivity contribution in [1.29, 1.82) is 0 Å². The van der Waals surface area contributed by atoms with Gasteiger partial charge in [-0.1, -0.05) is 6.92 Å². The van der Waals surface area contributed by atoms with Crippen LogP contribution in [0.4, 0.5) is 13.2 Å². The summed E-state index contributed by atoms with van der Waals surface area (Å²) in [5.41, 5.74) is 0.329. The molecule has 0 spiro atoms. The van der Waals surface area contributed by atoms with Crippen LogP contribution in [0.25, 0.3) is 22.3 Å². The van der Waals surface area contributed by atoms with E-state index in [-0.39, 0.29) is 29.5 Å². The summed E-state index contributed by atoms with van der Waals surface area (Å²) in [5, 5.41) is 0.652. The van der Waals surface area contributed by atoms with Crippen LogP contribution in [0.15, 0.2) is 65.7 Å². The van der Waals surface area contributed by atoms with E-state index in [9.17, 15) is 31.2 Å². The lowest BCUT2D eigenvalue weighted by Crippen LogP contribution is -2.37. The molecule has 1 N–H and O–H groups in total. The second kappa shape index (κ2) is 11.8. The number of aromatic nitrogens is 2. The predicted octanol–water partition coefficient (Wildman–Crippen LogP) is 6.84. The SMILES string of the molecule is CCS(=O)(=O)c1ccc(Oc2cc3cc(-c4ccc(C(F)(F)F)cn4)[nH]c3cc2C2CCC(=O)N2CC(=O)OC(C)(C)C)cc1. The molecule has 0 aliphatic carbocycles. The Kier molecular flexibility index (Phi) is 8.43. The van der Waals surface area contributed by atoms with Gasteiger partial charge in [0.2, 0.25) is 5.91 Å². The van der Waals surface area contributed by atoms with Crippen LogP contribution < -0.4 is 4.74 Å². The number of alkyl halides is 3. The van der Waals surface area contributed by atoms with Crippen LogP contribution in [-0.2, 0) is 30.3 Å². The topological polar surface area (TPSA) is 119 Å². The molecule has 238 valence electrons. The first-order valence-corrected chi connectivity index (χ1v) is 15.9. The Morgan fingerprint density at radius 3 is 2.38 bits per heavy atom. The number of H-pyrrole nitrogens is 1. The minimum atomic E-state index is -4.52. The van der Waals surface area contributed by atoms with Crippen molar-refractivity contribution in [1.82, 2.24) is 14.9 Å². The Hall–Kier alpha value is -4.39. The lowest BCUT2D eigenvalue weighted by Gasteiger charge is -2.28. The maximum absolute atomic E-state index is 13.1. The summed E-state index contributed by atoms with van der Waals surface area (Å²) in [4.78, 5) is 34.5. The van der Waals surface area contributed by atoms with E-state index >= 15 is 0 Å². The Bertz CT molecular complexity index is 1840. The second-order valence-corrected chi connectivity index (χ2v) is 14.0. The van der Waals surface area contributed by atoms with Crippen molar-refractivity contribution in [2.75, 3.05) is 12.3 Å².